The first-order valence-corrected chi connectivity index (χ1v) is 34.9. The molecular formula is C71H116N14O15. The number of ether oxygens (including phenoxy) is 5. The van der Waals surface area contributed by atoms with Crippen LogP contribution in [0.2, 0.25) is 0 Å². The molecule has 29 nitrogen and oxygen atoms in total. The van der Waals surface area contributed by atoms with E-state index in [-0.39, 0.29) is 68.7 Å². The highest BCUT2D eigenvalue weighted by molar-refractivity contribution is 5.98. The minimum atomic E-state index is -1.12. The van der Waals surface area contributed by atoms with E-state index in [9.17, 15) is 48.3 Å². The lowest BCUT2D eigenvalue weighted by atomic mass is 9.89. The molecule has 2 heterocycles. The lowest BCUT2D eigenvalue weighted by molar-refractivity contribution is -0.148. The van der Waals surface area contributed by atoms with Crippen molar-refractivity contribution in [2.45, 2.75) is 208 Å². The number of likely N-dealkylation sites (tertiary alicyclic amines) is 1. The molecule has 1 aromatic heterocycles. The number of amides is 11. The van der Waals surface area contributed by atoms with Crippen LogP contribution in [0.1, 0.15) is 151 Å². The van der Waals surface area contributed by atoms with Crippen LogP contribution in [0.5, 0.6) is 0 Å². The number of aromatic nitrogens is 3. The van der Waals surface area contributed by atoms with Crippen LogP contribution in [0.4, 0.5) is 20.1 Å². The molecule has 1 saturated heterocycles. The van der Waals surface area contributed by atoms with E-state index < -0.39 is 126 Å². The summed E-state index contributed by atoms with van der Waals surface area (Å²) in [6.07, 6.45) is 0.836. The van der Waals surface area contributed by atoms with Crippen LogP contribution in [0.15, 0.2) is 60.8 Å². The summed E-state index contributed by atoms with van der Waals surface area (Å²) in [4.78, 5) is 128. The van der Waals surface area contributed by atoms with Gasteiger partial charge in [0.1, 0.15) is 30.8 Å². The van der Waals surface area contributed by atoms with Crippen molar-refractivity contribution >= 4 is 59.3 Å². The molecule has 1 aliphatic heterocycles. The number of aliphatic hydroxyl groups excluding tert-OH is 1. The quantitative estimate of drug-likeness (QED) is 0.0321. The molecule has 0 bridgehead atoms. The van der Waals surface area contributed by atoms with Gasteiger partial charge in [-0.05, 0) is 79.5 Å². The predicted octanol–water partition coefficient (Wildman–Crippen LogP) is 5.40. The first kappa shape index (κ1) is 84.4. The van der Waals surface area contributed by atoms with E-state index in [0.29, 0.717) is 69.0 Å². The Bertz CT molecular complexity index is 3060. The molecule has 2 unspecified atom stereocenters. The Kier molecular flexibility index (Phi) is 35.2. The Morgan fingerprint density at radius 2 is 1.38 bits per heavy atom. The van der Waals surface area contributed by atoms with Crippen molar-refractivity contribution in [3.8, 4) is 0 Å². The number of benzene rings is 2. The third-order valence-corrected chi connectivity index (χ3v) is 18.2. The summed E-state index contributed by atoms with van der Waals surface area (Å²) in [7, 11) is 6.09. The van der Waals surface area contributed by atoms with E-state index in [1.54, 1.807) is 113 Å². The molecule has 0 spiro atoms. The van der Waals surface area contributed by atoms with E-state index in [0.717, 1.165) is 5.69 Å². The number of urea groups is 2. The first-order valence-electron chi connectivity index (χ1n) is 34.9. The van der Waals surface area contributed by atoms with E-state index in [1.807, 2.05) is 38.2 Å². The molecule has 29 heteroatoms. The van der Waals surface area contributed by atoms with Gasteiger partial charge in [-0.15, -0.1) is 5.10 Å². The fraction of sp³-hybridized carbons (Fsp3) is 0.676. The summed E-state index contributed by atoms with van der Waals surface area (Å²) < 4.78 is 30.7. The summed E-state index contributed by atoms with van der Waals surface area (Å²) in [5.74, 6) is -4.90. The number of nitrogens with zero attached hydrogens (tertiary/aromatic N) is 6. The Hall–Kier alpha value is -7.99. The van der Waals surface area contributed by atoms with Crippen molar-refractivity contribution in [2.24, 2.45) is 35.3 Å². The average Bonchev–Trinajstić information content (AvgIpc) is 1.27. The van der Waals surface area contributed by atoms with Crippen molar-refractivity contribution in [3.63, 3.8) is 0 Å². The molecule has 100 heavy (non-hydrogen) atoms. The van der Waals surface area contributed by atoms with Gasteiger partial charge in [0.25, 0.3) is 0 Å². The van der Waals surface area contributed by atoms with E-state index in [1.165, 1.54) is 26.2 Å². The predicted molar refractivity (Wildman–Crippen MR) is 378 cm³/mol. The van der Waals surface area contributed by atoms with Crippen molar-refractivity contribution in [3.05, 3.63) is 77.6 Å². The number of primary amides is 1. The van der Waals surface area contributed by atoms with Crippen molar-refractivity contribution in [2.75, 3.05) is 79.7 Å². The highest BCUT2D eigenvalue weighted by Crippen LogP contribution is 2.31. The summed E-state index contributed by atoms with van der Waals surface area (Å²) in [6, 6.07) is 8.13. The van der Waals surface area contributed by atoms with Crippen LogP contribution in [-0.2, 0) is 71.0 Å². The highest BCUT2D eigenvalue weighted by Gasteiger charge is 2.44. The van der Waals surface area contributed by atoms with Gasteiger partial charge in [0.15, 0.2) is 0 Å². The van der Waals surface area contributed by atoms with Crippen LogP contribution < -0.4 is 43.0 Å². The van der Waals surface area contributed by atoms with Crippen LogP contribution in [0.25, 0.3) is 0 Å². The second-order valence-electron chi connectivity index (χ2n) is 28.0. The minimum Gasteiger partial charge on any atom is -0.445 e. The molecule has 2 aromatic carbocycles. The lowest BCUT2D eigenvalue weighted by Crippen LogP contribution is -2.60. The Morgan fingerprint density at radius 3 is 1.96 bits per heavy atom. The molecule has 3 aromatic rings. The molecule has 0 radical (unpaired) electrons. The second kappa shape index (κ2) is 41.7. The fourth-order valence-electron chi connectivity index (χ4n) is 12.1. The summed E-state index contributed by atoms with van der Waals surface area (Å²) >= 11 is 0. The SMILES string of the molecule is CC[C@H](C)C([C@@H](CC(=O)N1CCC[C@H]1[C@H](OC)[C@@H](C)C(=O)N[C@H](C)C(O)c1ccccc1)OC)N(C)C(=O)[C@@H](NC(=O)[C@H](C(C)C)N(C)C(=O)OCc1ccc(NC(=O)[C@H](CCCNC(N)=O)NC(=O)[C@@H](NC(=O)NCCOCCOCCn2cc(C(C)(C)C)nn2)C(C)C)cc1)C(C)C. The standard InChI is InChI=1S/C71H116N14O15/c1-18-46(8)60(54(96-16)40-56(86)85-34-23-27-53(85)62(97-17)47(9)63(88)75-48(10)61(87)50-24-20-19-21-25-50)82(14)67(92)58(44(4)5)78-66(91)59(45(6)7)83(15)70(95)100-42-49-28-30-51(31-29-49)76-64(89)52(26-22-32-73-68(72)93)77-65(90)57(43(2)3)79-69(94)74-33-36-98-38-39-99-37-35-84-41-55(80-81-84)71(11,12)13/h19-21,24-25,28-31,41,43-48,52-54,57-62,87H,18,22-23,26-27,32-40,42H2,1-17H3,(H,75,88)(H,76,89)(H,77,90)(H,78,91)(H3,72,73,93)(H2,74,79,94)/t46-,47+,48+,52-,53-,54+,57-,58-,59-,60?,61?,62+/m0/s1. The van der Waals surface area contributed by atoms with Gasteiger partial charge in [0, 0.05) is 65.2 Å². The monoisotopic (exact) mass is 1400 g/mol. The molecular weight excluding hydrogens is 1290 g/mol. The molecule has 12 atom stereocenters. The van der Waals surface area contributed by atoms with Gasteiger partial charge < -0.3 is 81.5 Å². The molecule has 560 valence electrons. The zero-order valence-electron chi connectivity index (χ0n) is 62.0. The Morgan fingerprint density at radius 1 is 0.730 bits per heavy atom. The summed E-state index contributed by atoms with van der Waals surface area (Å²) in [6.45, 7) is 26.5. The Labute approximate surface area is 590 Å². The van der Waals surface area contributed by atoms with E-state index >= 15 is 0 Å². The largest absolute Gasteiger partial charge is 0.445 e. The molecule has 0 aliphatic carbocycles. The zero-order chi connectivity index (χ0) is 74.6. The van der Waals surface area contributed by atoms with Gasteiger partial charge in [-0.1, -0.05) is 137 Å². The number of methoxy groups -OCH3 is 2. The number of anilines is 1. The highest BCUT2D eigenvalue weighted by atomic mass is 16.6. The molecule has 4 rings (SSSR count). The summed E-state index contributed by atoms with van der Waals surface area (Å²) in [5.41, 5.74) is 7.59. The van der Waals surface area contributed by atoms with Gasteiger partial charge in [-0.2, -0.15) is 0 Å². The van der Waals surface area contributed by atoms with Crippen LogP contribution in [0, 0.1) is 29.6 Å². The Balaban J connectivity index is 1.33. The number of rotatable bonds is 41. The normalized spacial score (nSPS) is 16.5. The third-order valence-electron chi connectivity index (χ3n) is 18.2. The van der Waals surface area contributed by atoms with Crippen molar-refractivity contribution in [1.82, 2.24) is 61.6 Å². The maximum atomic E-state index is 14.8. The summed E-state index contributed by atoms with van der Waals surface area (Å²) in [5, 5.41) is 38.6. The van der Waals surface area contributed by atoms with Gasteiger partial charge in [0.05, 0.1) is 87.4 Å². The zero-order valence-corrected chi connectivity index (χ0v) is 62.0. The average molecular weight is 1410 g/mol. The lowest BCUT2D eigenvalue weighted by Gasteiger charge is -2.41. The van der Waals surface area contributed by atoms with Crippen molar-refractivity contribution in [1.29, 1.82) is 0 Å². The number of nitrogens with two attached hydrogens (primary N) is 1. The number of likely N-dealkylation sites (N-methyl/N-ethyl adjacent to an activating group) is 2. The molecule has 0 saturated carbocycles. The maximum Gasteiger partial charge on any atom is 0.410 e. The second-order valence-corrected chi connectivity index (χ2v) is 28.0. The van der Waals surface area contributed by atoms with Gasteiger partial charge in [0.2, 0.25) is 35.4 Å². The topological polar surface area (TPSA) is 371 Å². The number of nitrogens with one attached hydrogen (secondary N) is 7. The van der Waals surface area contributed by atoms with E-state index in [2.05, 4.69) is 68.3 Å². The van der Waals surface area contributed by atoms with Crippen molar-refractivity contribution < 1.29 is 71.9 Å². The van der Waals surface area contributed by atoms with Gasteiger partial charge >= 0.3 is 18.2 Å². The number of carbonyl (C=O) groups excluding carboxylic acids is 9. The number of hydrogen-bond donors (Lipinski definition) is 9. The third kappa shape index (κ3) is 26.2. The number of carbonyl (C=O) groups is 9. The van der Waals surface area contributed by atoms with Gasteiger partial charge in [-0.25, -0.2) is 19.1 Å². The van der Waals surface area contributed by atoms with Gasteiger partial charge in [-0.3, -0.25) is 33.7 Å². The molecule has 11 amide bonds. The van der Waals surface area contributed by atoms with Crippen LogP contribution in [-0.4, -0.2) is 217 Å². The number of hydrogen-bond acceptors (Lipinski definition) is 17. The minimum absolute atomic E-state index is 0.0844. The molecule has 1 fully saturated rings. The number of aliphatic hydroxyl groups is 1. The molecule has 10 N–H and O–H groups in total. The fourth-order valence-corrected chi connectivity index (χ4v) is 12.1. The maximum absolute atomic E-state index is 14.8. The van der Waals surface area contributed by atoms with Crippen LogP contribution >= 0.6 is 0 Å². The molecule has 1 aliphatic rings. The smallest absolute Gasteiger partial charge is 0.410 e. The van der Waals surface area contributed by atoms with Crippen LogP contribution in [0.3, 0.4) is 0 Å². The van der Waals surface area contributed by atoms with E-state index in [4.69, 9.17) is 29.4 Å². The first-order chi connectivity index (χ1) is 47.3.